The van der Waals surface area contributed by atoms with E-state index in [0.717, 1.165) is 11.5 Å². The van der Waals surface area contributed by atoms with Gasteiger partial charge in [-0.15, -0.1) is 5.10 Å². The third-order valence-corrected chi connectivity index (χ3v) is 2.64. The first-order valence-electron chi connectivity index (χ1n) is 4.27. The fourth-order valence-electron chi connectivity index (χ4n) is 1.21. The van der Waals surface area contributed by atoms with Crippen LogP contribution in [0.4, 0.5) is 0 Å². The molecule has 0 saturated heterocycles. The molecule has 2 heterocycles. The van der Waals surface area contributed by atoms with Crippen LogP contribution in [0.15, 0.2) is 24.5 Å². The van der Waals surface area contributed by atoms with E-state index in [-0.39, 0.29) is 0 Å². The largest absolute Gasteiger partial charge is 0.495 e. The van der Waals surface area contributed by atoms with E-state index in [0.29, 0.717) is 16.3 Å². The Morgan fingerprint density at radius 3 is 3.07 bits per heavy atom. The Balaban J connectivity index is 2.37. The van der Waals surface area contributed by atoms with Gasteiger partial charge < -0.3 is 9.84 Å². The summed E-state index contributed by atoms with van der Waals surface area (Å²) in [4.78, 5) is 4.73. The number of aliphatic hydroxyl groups excluding tert-OH is 1. The second-order valence-corrected chi connectivity index (χ2v) is 3.63. The van der Waals surface area contributed by atoms with Crippen LogP contribution in [0.1, 0.15) is 16.7 Å². The molecule has 1 N–H and O–H groups in total. The molecule has 0 bridgehead atoms. The summed E-state index contributed by atoms with van der Waals surface area (Å²) in [6.45, 7) is 0. The zero-order valence-corrected chi connectivity index (χ0v) is 8.81. The molecule has 0 saturated carbocycles. The summed E-state index contributed by atoms with van der Waals surface area (Å²) < 4.78 is 8.79. The van der Waals surface area contributed by atoms with Crippen molar-refractivity contribution in [2.24, 2.45) is 0 Å². The van der Waals surface area contributed by atoms with Gasteiger partial charge in [-0.1, -0.05) is 4.49 Å². The maximum absolute atomic E-state index is 9.98. The average Bonchev–Trinajstić information content (AvgIpc) is 2.81. The number of ether oxygens (including phenoxy) is 1. The van der Waals surface area contributed by atoms with Crippen LogP contribution in [0, 0.1) is 0 Å². The smallest absolute Gasteiger partial charge is 0.143 e. The number of nitrogens with zero attached hydrogens (tertiary/aromatic N) is 3. The Morgan fingerprint density at radius 1 is 1.53 bits per heavy atom. The van der Waals surface area contributed by atoms with E-state index in [1.165, 1.54) is 13.3 Å². The molecule has 6 heteroatoms. The summed E-state index contributed by atoms with van der Waals surface area (Å²) in [5, 5.41) is 13.6. The fraction of sp³-hybridized carbons (Fsp3) is 0.222. The van der Waals surface area contributed by atoms with E-state index in [1.54, 1.807) is 18.3 Å². The highest BCUT2D eigenvalue weighted by Crippen LogP contribution is 2.28. The van der Waals surface area contributed by atoms with E-state index in [2.05, 4.69) is 14.6 Å². The number of hydrogen-bond acceptors (Lipinski definition) is 6. The highest BCUT2D eigenvalue weighted by atomic mass is 32.1. The lowest BCUT2D eigenvalue weighted by atomic mass is 10.2. The Hall–Kier alpha value is -1.53. The molecular formula is C9H9N3O2S. The van der Waals surface area contributed by atoms with Crippen molar-refractivity contribution >= 4 is 11.5 Å². The predicted octanol–water partition coefficient (Wildman–Crippen LogP) is 1.02. The van der Waals surface area contributed by atoms with Gasteiger partial charge in [0.1, 0.15) is 17.5 Å². The Bertz CT molecular complexity index is 433. The second-order valence-electron chi connectivity index (χ2n) is 2.81. The van der Waals surface area contributed by atoms with E-state index in [4.69, 9.17) is 4.74 Å². The predicted molar refractivity (Wildman–Crippen MR) is 54.8 cm³/mol. The van der Waals surface area contributed by atoms with Crippen LogP contribution in [-0.4, -0.2) is 26.8 Å². The molecule has 0 fully saturated rings. The van der Waals surface area contributed by atoms with E-state index >= 15 is 0 Å². The van der Waals surface area contributed by atoms with Crippen molar-refractivity contribution in [2.75, 3.05) is 7.11 Å². The van der Waals surface area contributed by atoms with Crippen LogP contribution in [-0.2, 0) is 0 Å². The zero-order chi connectivity index (χ0) is 10.7. The lowest BCUT2D eigenvalue weighted by molar-refractivity contribution is 0.212. The van der Waals surface area contributed by atoms with Crippen LogP contribution >= 0.6 is 11.5 Å². The lowest BCUT2D eigenvalue weighted by Crippen LogP contribution is -2.03. The number of hydrogen-bond donors (Lipinski definition) is 1. The lowest BCUT2D eigenvalue weighted by Gasteiger charge is -2.10. The normalized spacial score (nSPS) is 12.4. The summed E-state index contributed by atoms with van der Waals surface area (Å²) in [6.07, 6.45) is 2.29. The zero-order valence-electron chi connectivity index (χ0n) is 7.99. The molecule has 1 unspecified atom stereocenters. The summed E-state index contributed by atoms with van der Waals surface area (Å²) in [5.74, 6) is 0.554. The number of methoxy groups -OCH3 is 1. The van der Waals surface area contributed by atoms with Gasteiger partial charge in [0, 0.05) is 6.20 Å². The van der Waals surface area contributed by atoms with Crippen molar-refractivity contribution in [1.29, 1.82) is 0 Å². The maximum atomic E-state index is 9.98. The van der Waals surface area contributed by atoms with Crippen molar-refractivity contribution < 1.29 is 9.84 Å². The minimum atomic E-state index is -0.832. The van der Waals surface area contributed by atoms with E-state index in [9.17, 15) is 5.11 Å². The standard InChI is InChI=1S/C9H9N3O2S/c1-14-6-3-2-4-10-8(6)9(13)7-5-11-12-15-7/h2-5,9,13H,1H3. The molecule has 2 aromatic rings. The van der Waals surface area contributed by atoms with Crippen molar-refractivity contribution in [2.45, 2.75) is 6.10 Å². The van der Waals surface area contributed by atoms with Crippen LogP contribution in [0.5, 0.6) is 5.75 Å². The molecule has 0 spiro atoms. The number of aromatic nitrogens is 3. The average molecular weight is 223 g/mol. The van der Waals surface area contributed by atoms with E-state index in [1.807, 2.05) is 0 Å². The van der Waals surface area contributed by atoms with Gasteiger partial charge in [-0.25, -0.2) is 0 Å². The van der Waals surface area contributed by atoms with Crippen LogP contribution in [0.3, 0.4) is 0 Å². The highest BCUT2D eigenvalue weighted by molar-refractivity contribution is 7.05. The van der Waals surface area contributed by atoms with Crippen molar-refractivity contribution in [3.05, 3.63) is 35.1 Å². The molecule has 0 amide bonds. The van der Waals surface area contributed by atoms with Gasteiger partial charge in [0.25, 0.3) is 0 Å². The van der Waals surface area contributed by atoms with E-state index < -0.39 is 6.10 Å². The molecule has 15 heavy (non-hydrogen) atoms. The van der Waals surface area contributed by atoms with Crippen LogP contribution in [0.2, 0.25) is 0 Å². The first-order valence-corrected chi connectivity index (χ1v) is 5.04. The quantitative estimate of drug-likeness (QED) is 0.841. The Labute approximate surface area is 90.5 Å². The summed E-state index contributed by atoms with van der Waals surface area (Å²) >= 11 is 1.14. The molecule has 2 aromatic heterocycles. The van der Waals surface area contributed by atoms with Gasteiger partial charge in [-0.2, -0.15) is 0 Å². The molecular weight excluding hydrogens is 214 g/mol. The SMILES string of the molecule is COc1cccnc1C(O)c1cnns1. The number of pyridine rings is 1. The van der Waals surface area contributed by atoms with Crippen molar-refractivity contribution in [3.8, 4) is 5.75 Å². The molecule has 2 rings (SSSR count). The number of rotatable bonds is 3. The Morgan fingerprint density at radius 2 is 2.40 bits per heavy atom. The minimum absolute atomic E-state index is 0.478. The molecule has 0 aliphatic rings. The molecule has 1 atom stereocenters. The Kier molecular flexibility index (Phi) is 2.89. The van der Waals surface area contributed by atoms with Gasteiger partial charge in [0.05, 0.1) is 18.2 Å². The van der Waals surface area contributed by atoms with Crippen LogP contribution < -0.4 is 4.74 Å². The molecule has 0 radical (unpaired) electrons. The van der Waals surface area contributed by atoms with Gasteiger partial charge in [-0.05, 0) is 23.7 Å². The van der Waals surface area contributed by atoms with Crippen molar-refractivity contribution in [1.82, 2.24) is 14.6 Å². The fourth-order valence-corrected chi connectivity index (χ4v) is 1.71. The first-order chi connectivity index (χ1) is 7.33. The molecule has 0 aliphatic carbocycles. The third kappa shape index (κ3) is 1.95. The summed E-state index contributed by atoms with van der Waals surface area (Å²) in [5.41, 5.74) is 0.478. The van der Waals surface area contributed by atoms with Crippen LogP contribution in [0.25, 0.3) is 0 Å². The van der Waals surface area contributed by atoms with Gasteiger partial charge in [0.15, 0.2) is 0 Å². The van der Waals surface area contributed by atoms with Gasteiger partial charge in [0.2, 0.25) is 0 Å². The molecule has 0 aromatic carbocycles. The molecule has 0 aliphatic heterocycles. The number of aliphatic hydroxyl groups is 1. The third-order valence-electron chi connectivity index (χ3n) is 1.93. The monoisotopic (exact) mass is 223 g/mol. The molecule has 5 nitrogen and oxygen atoms in total. The highest BCUT2D eigenvalue weighted by Gasteiger charge is 2.18. The topological polar surface area (TPSA) is 68.1 Å². The first kappa shape index (κ1) is 10.0. The summed E-state index contributed by atoms with van der Waals surface area (Å²) in [7, 11) is 1.54. The maximum Gasteiger partial charge on any atom is 0.143 e. The van der Waals surface area contributed by atoms with Gasteiger partial charge >= 0.3 is 0 Å². The minimum Gasteiger partial charge on any atom is -0.495 e. The molecule has 78 valence electrons. The van der Waals surface area contributed by atoms with Crippen molar-refractivity contribution in [3.63, 3.8) is 0 Å². The summed E-state index contributed by atoms with van der Waals surface area (Å²) in [6, 6.07) is 3.50. The van der Waals surface area contributed by atoms with Gasteiger partial charge in [-0.3, -0.25) is 4.98 Å². The second kappa shape index (κ2) is 4.33.